The summed E-state index contributed by atoms with van der Waals surface area (Å²) in [6.45, 7) is 14.0. The van der Waals surface area contributed by atoms with Crippen molar-refractivity contribution in [2.75, 3.05) is 6.54 Å². The Balaban J connectivity index is 2.97. The summed E-state index contributed by atoms with van der Waals surface area (Å²) >= 11 is 0. The van der Waals surface area contributed by atoms with Crippen molar-refractivity contribution >= 4 is 5.91 Å². The second-order valence-electron chi connectivity index (χ2n) is 7.05. The Kier molecular flexibility index (Phi) is 4.27. The molecule has 0 saturated carbocycles. The first-order chi connectivity index (χ1) is 7.70. The van der Waals surface area contributed by atoms with Gasteiger partial charge in [-0.1, -0.05) is 33.6 Å². The Morgan fingerprint density at radius 2 is 1.76 bits per heavy atom. The molecule has 17 heavy (non-hydrogen) atoms. The fraction of sp³-hybridized carbons (Fsp3) is 0.933. The molecule has 0 aromatic carbocycles. The molecule has 1 atom stereocenters. The minimum absolute atomic E-state index is 0.0382. The standard InChI is InChI=1S/C15H29NO/c1-7-15(5,6)12-10-8-9-11-16(13(12)17)14(2,3)4/h12H,7-11H2,1-6H3. The van der Waals surface area contributed by atoms with Crippen molar-refractivity contribution in [3.8, 4) is 0 Å². The molecule has 2 nitrogen and oxygen atoms in total. The highest BCUT2D eigenvalue weighted by Gasteiger charge is 2.40. The predicted octanol–water partition coefficient (Wildman–Crippen LogP) is 3.85. The summed E-state index contributed by atoms with van der Waals surface area (Å²) in [6.07, 6.45) is 4.47. The molecule has 0 N–H and O–H groups in total. The van der Waals surface area contributed by atoms with Crippen molar-refractivity contribution in [2.45, 2.75) is 72.8 Å². The van der Waals surface area contributed by atoms with Gasteiger partial charge in [-0.15, -0.1) is 0 Å². The van der Waals surface area contributed by atoms with E-state index in [1.807, 2.05) is 0 Å². The summed E-state index contributed by atoms with van der Waals surface area (Å²) < 4.78 is 0. The Bertz CT molecular complexity index is 275. The van der Waals surface area contributed by atoms with Gasteiger partial charge in [0.25, 0.3) is 0 Å². The molecule has 1 saturated heterocycles. The van der Waals surface area contributed by atoms with Gasteiger partial charge in [-0.05, 0) is 39.0 Å². The molecule has 2 heteroatoms. The first-order valence-electron chi connectivity index (χ1n) is 7.01. The molecule has 100 valence electrons. The lowest BCUT2D eigenvalue weighted by atomic mass is 9.74. The van der Waals surface area contributed by atoms with Gasteiger partial charge in [0.1, 0.15) is 0 Å². The average Bonchev–Trinajstić information content (AvgIpc) is 2.39. The van der Waals surface area contributed by atoms with Gasteiger partial charge in [-0.3, -0.25) is 4.79 Å². The van der Waals surface area contributed by atoms with Gasteiger partial charge >= 0.3 is 0 Å². The summed E-state index contributed by atoms with van der Waals surface area (Å²) in [4.78, 5) is 14.8. The molecule has 0 aliphatic carbocycles. The van der Waals surface area contributed by atoms with Crippen LogP contribution in [0.15, 0.2) is 0 Å². The van der Waals surface area contributed by atoms with E-state index in [0.717, 1.165) is 25.8 Å². The van der Waals surface area contributed by atoms with E-state index in [9.17, 15) is 4.79 Å². The fourth-order valence-electron chi connectivity index (χ4n) is 2.68. The number of amides is 1. The lowest BCUT2D eigenvalue weighted by molar-refractivity contribution is -0.143. The van der Waals surface area contributed by atoms with E-state index in [1.165, 1.54) is 6.42 Å². The number of likely N-dealkylation sites (tertiary alicyclic amines) is 1. The molecule has 0 radical (unpaired) electrons. The molecule has 0 aromatic heterocycles. The van der Waals surface area contributed by atoms with E-state index in [0.29, 0.717) is 5.91 Å². The first kappa shape index (κ1) is 14.5. The second-order valence-corrected chi connectivity index (χ2v) is 7.05. The van der Waals surface area contributed by atoms with Crippen molar-refractivity contribution in [3.05, 3.63) is 0 Å². The molecule has 0 aromatic rings. The van der Waals surface area contributed by atoms with E-state index in [-0.39, 0.29) is 16.9 Å². The summed E-state index contributed by atoms with van der Waals surface area (Å²) in [5, 5.41) is 0. The highest BCUT2D eigenvalue weighted by Crippen LogP contribution is 2.38. The van der Waals surface area contributed by atoms with Crippen molar-refractivity contribution in [3.63, 3.8) is 0 Å². The third-order valence-corrected chi connectivity index (χ3v) is 4.35. The molecule has 1 aliphatic rings. The number of nitrogens with zero attached hydrogens (tertiary/aromatic N) is 1. The zero-order valence-corrected chi connectivity index (χ0v) is 12.5. The van der Waals surface area contributed by atoms with Crippen LogP contribution in [-0.2, 0) is 4.79 Å². The van der Waals surface area contributed by atoms with Gasteiger partial charge < -0.3 is 4.90 Å². The van der Waals surface area contributed by atoms with E-state index in [2.05, 4.69) is 46.4 Å². The average molecular weight is 239 g/mol. The van der Waals surface area contributed by atoms with Crippen LogP contribution in [0, 0.1) is 11.3 Å². The lowest BCUT2D eigenvalue weighted by Gasteiger charge is -2.40. The third-order valence-electron chi connectivity index (χ3n) is 4.35. The molecule has 1 aliphatic heterocycles. The smallest absolute Gasteiger partial charge is 0.226 e. The maximum atomic E-state index is 12.7. The molecule has 1 fully saturated rings. The number of hydrogen-bond donors (Lipinski definition) is 0. The summed E-state index contributed by atoms with van der Waals surface area (Å²) in [5.41, 5.74) is 0.0917. The van der Waals surface area contributed by atoms with Crippen molar-refractivity contribution in [1.29, 1.82) is 0 Å². The molecule has 1 amide bonds. The van der Waals surface area contributed by atoms with Crippen molar-refractivity contribution in [2.24, 2.45) is 11.3 Å². The van der Waals surface area contributed by atoms with Crippen LogP contribution < -0.4 is 0 Å². The van der Waals surface area contributed by atoms with Gasteiger partial charge in [0.2, 0.25) is 5.91 Å². The Morgan fingerprint density at radius 3 is 2.24 bits per heavy atom. The van der Waals surface area contributed by atoms with Crippen LogP contribution in [0.25, 0.3) is 0 Å². The Labute approximate surface area is 107 Å². The number of hydrogen-bond acceptors (Lipinski definition) is 1. The number of carbonyl (C=O) groups excluding carboxylic acids is 1. The maximum absolute atomic E-state index is 12.7. The van der Waals surface area contributed by atoms with Gasteiger partial charge in [0, 0.05) is 18.0 Å². The molecule has 1 unspecified atom stereocenters. The van der Waals surface area contributed by atoms with Crippen LogP contribution >= 0.6 is 0 Å². The topological polar surface area (TPSA) is 20.3 Å². The maximum Gasteiger partial charge on any atom is 0.226 e. The molecular formula is C15H29NO. The van der Waals surface area contributed by atoms with Crippen LogP contribution in [0.3, 0.4) is 0 Å². The largest absolute Gasteiger partial charge is 0.338 e. The number of rotatable bonds is 2. The van der Waals surface area contributed by atoms with Crippen LogP contribution in [-0.4, -0.2) is 22.9 Å². The zero-order valence-electron chi connectivity index (χ0n) is 12.5. The predicted molar refractivity (Wildman–Crippen MR) is 72.9 cm³/mol. The Hall–Kier alpha value is -0.530. The summed E-state index contributed by atoms with van der Waals surface area (Å²) in [7, 11) is 0. The molecular weight excluding hydrogens is 210 g/mol. The second kappa shape index (κ2) is 4.99. The van der Waals surface area contributed by atoms with Gasteiger partial charge in [-0.25, -0.2) is 0 Å². The van der Waals surface area contributed by atoms with E-state index >= 15 is 0 Å². The van der Waals surface area contributed by atoms with Crippen molar-refractivity contribution < 1.29 is 4.79 Å². The van der Waals surface area contributed by atoms with Crippen LogP contribution in [0.2, 0.25) is 0 Å². The summed E-state index contributed by atoms with van der Waals surface area (Å²) in [5.74, 6) is 0.580. The normalized spacial score (nSPS) is 23.8. The highest BCUT2D eigenvalue weighted by atomic mass is 16.2. The SMILES string of the molecule is CCC(C)(C)C1CCCCN(C(C)(C)C)C1=O. The van der Waals surface area contributed by atoms with E-state index in [4.69, 9.17) is 0 Å². The highest BCUT2D eigenvalue weighted by molar-refractivity contribution is 5.80. The fourth-order valence-corrected chi connectivity index (χ4v) is 2.68. The quantitative estimate of drug-likeness (QED) is 0.716. The molecule has 1 rings (SSSR count). The molecule has 0 spiro atoms. The van der Waals surface area contributed by atoms with Gasteiger partial charge in [0.05, 0.1) is 0 Å². The molecule has 1 heterocycles. The van der Waals surface area contributed by atoms with E-state index < -0.39 is 0 Å². The molecule has 0 bridgehead atoms. The minimum Gasteiger partial charge on any atom is -0.338 e. The monoisotopic (exact) mass is 239 g/mol. The Morgan fingerprint density at radius 1 is 1.18 bits per heavy atom. The van der Waals surface area contributed by atoms with E-state index in [1.54, 1.807) is 0 Å². The van der Waals surface area contributed by atoms with Crippen LogP contribution in [0.4, 0.5) is 0 Å². The third kappa shape index (κ3) is 3.23. The van der Waals surface area contributed by atoms with Gasteiger partial charge in [0.15, 0.2) is 0 Å². The minimum atomic E-state index is -0.0382. The van der Waals surface area contributed by atoms with Crippen molar-refractivity contribution in [1.82, 2.24) is 4.90 Å². The zero-order chi connectivity index (χ0) is 13.3. The summed E-state index contributed by atoms with van der Waals surface area (Å²) in [6, 6.07) is 0. The number of carbonyl (C=O) groups is 1. The van der Waals surface area contributed by atoms with Crippen LogP contribution in [0.5, 0.6) is 0 Å². The first-order valence-corrected chi connectivity index (χ1v) is 7.01. The van der Waals surface area contributed by atoms with Gasteiger partial charge in [-0.2, -0.15) is 0 Å². The van der Waals surface area contributed by atoms with Crippen LogP contribution in [0.1, 0.15) is 67.2 Å². The lowest BCUT2D eigenvalue weighted by Crippen LogP contribution is -2.50.